The first kappa shape index (κ1) is 8.37. The molecule has 5 heteroatoms. The van der Waals surface area contributed by atoms with Crippen LogP contribution in [0.4, 0.5) is 0 Å². The van der Waals surface area contributed by atoms with Crippen molar-refractivity contribution in [1.29, 1.82) is 0 Å². The molecule has 68 valence electrons. The summed E-state index contributed by atoms with van der Waals surface area (Å²) < 4.78 is 7.31. The first-order chi connectivity index (χ1) is 6.16. The largest absolute Gasteiger partial charge is 0.448 e. The molecule has 0 unspecified atom stereocenters. The molecule has 2 aromatic rings. The summed E-state index contributed by atoms with van der Waals surface area (Å²) in [4.78, 5) is 11.1. The van der Waals surface area contributed by atoms with Gasteiger partial charge < -0.3 is 4.42 Å². The van der Waals surface area contributed by atoms with Crippen molar-refractivity contribution >= 4 is 15.9 Å². The molecular weight excluding hydrogens is 236 g/mol. The minimum atomic E-state index is -0.0810. The number of aromatic nitrogens is 2. The molecule has 0 amide bonds. The molecule has 0 bridgehead atoms. The minimum absolute atomic E-state index is 0.0810. The predicted octanol–water partition coefficient (Wildman–Crippen LogP) is 1.74. The fourth-order valence-electron chi connectivity index (χ4n) is 1.07. The molecule has 1 N–H and O–H groups in total. The van der Waals surface area contributed by atoms with Crippen LogP contribution in [-0.4, -0.2) is 9.78 Å². The van der Waals surface area contributed by atoms with Crippen LogP contribution in [0, 0.1) is 0 Å². The van der Waals surface area contributed by atoms with Crippen LogP contribution in [0.5, 0.6) is 0 Å². The van der Waals surface area contributed by atoms with Crippen LogP contribution >= 0.6 is 15.9 Å². The second-order valence-corrected chi connectivity index (χ2v) is 3.45. The number of aryl methyl sites for hydroxylation is 1. The molecule has 2 aromatic heterocycles. The van der Waals surface area contributed by atoms with Gasteiger partial charge in [-0.15, -0.1) is 0 Å². The molecule has 13 heavy (non-hydrogen) atoms. The van der Waals surface area contributed by atoms with Crippen LogP contribution < -0.4 is 5.56 Å². The topological polar surface area (TPSA) is 50.9 Å². The van der Waals surface area contributed by atoms with Crippen LogP contribution in [0.2, 0.25) is 0 Å². The van der Waals surface area contributed by atoms with Gasteiger partial charge in [-0.2, -0.15) is 0 Å². The first-order valence-corrected chi connectivity index (χ1v) is 4.48. The Labute approximate surface area is 82.3 Å². The van der Waals surface area contributed by atoms with Gasteiger partial charge in [-0.3, -0.25) is 14.6 Å². The van der Waals surface area contributed by atoms with E-state index in [4.69, 9.17) is 4.42 Å². The van der Waals surface area contributed by atoms with Crippen LogP contribution in [0.15, 0.2) is 32.1 Å². The molecule has 4 nitrogen and oxygen atoms in total. The van der Waals surface area contributed by atoms with Gasteiger partial charge in [0.05, 0.1) is 0 Å². The van der Waals surface area contributed by atoms with E-state index < -0.39 is 0 Å². The minimum Gasteiger partial charge on any atom is -0.448 e. The summed E-state index contributed by atoms with van der Waals surface area (Å²) in [5.41, 5.74) is 0.598. The van der Waals surface area contributed by atoms with Crippen molar-refractivity contribution in [3.63, 3.8) is 0 Å². The van der Waals surface area contributed by atoms with Crippen molar-refractivity contribution < 1.29 is 4.42 Å². The Balaban J connectivity index is 2.52. The lowest BCUT2D eigenvalue weighted by Gasteiger charge is -1.90. The lowest BCUT2D eigenvalue weighted by atomic mass is 10.3. The van der Waals surface area contributed by atoms with Crippen molar-refractivity contribution in [1.82, 2.24) is 9.78 Å². The Bertz CT molecular complexity index is 480. The highest BCUT2D eigenvalue weighted by molar-refractivity contribution is 9.10. The normalized spacial score (nSPS) is 10.6. The van der Waals surface area contributed by atoms with E-state index in [0.29, 0.717) is 16.1 Å². The van der Waals surface area contributed by atoms with Crippen molar-refractivity contribution in [2.45, 2.75) is 0 Å². The number of hydrogen-bond donors (Lipinski definition) is 1. The van der Waals surface area contributed by atoms with E-state index in [0.717, 1.165) is 0 Å². The number of halogens is 1. The van der Waals surface area contributed by atoms with E-state index >= 15 is 0 Å². The first-order valence-electron chi connectivity index (χ1n) is 3.68. The Morgan fingerprint density at radius 2 is 2.31 bits per heavy atom. The Hall–Kier alpha value is -1.23. The van der Waals surface area contributed by atoms with E-state index in [1.54, 1.807) is 19.2 Å². The quantitative estimate of drug-likeness (QED) is 0.829. The molecule has 2 rings (SSSR count). The van der Waals surface area contributed by atoms with Crippen molar-refractivity contribution in [2.24, 2.45) is 7.05 Å². The molecule has 0 spiro atoms. The Morgan fingerprint density at radius 3 is 2.77 bits per heavy atom. The van der Waals surface area contributed by atoms with Gasteiger partial charge in [0.25, 0.3) is 5.56 Å². The summed E-state index contributed by atoms with van der Waals surface area (Å²) in [6.45, 7) is 0. The fourth-order valence-corrected chi connectivity index (χ4v) is 1.38. The molecule has 0 fully saturated rings. The van der Waals surface area contributed by atoms with E-state index in [1.807, 2.05) is 0 Å². The highest BCUT2D eigenvalue weighted by Crippen LogP contribution is 2.21. The molecule has 0 aliphatic carbocycles. The number of aromatic amines is 1. The Kier molecular flexibility index (Phi) is 1.88. The molecule has 0 aliphatic heterocycles. The smallest absolute Gasteiger partial charge is 0.266 e. The maximum Gasteiger partial charge on any atom is 0.266 e. The molecular formula is C8H7BrN2O2. The lowest BCUT2D eigenvalue weighted by molar-refractivity contribution is 0.552. The summed E-state index contributed by atoms with van der Waals surface area (Å²) in [6.07, 6.45) is 0. The average molecular weight is 243 g/mol. The van der Waals surface area contributed by atoms with Gasteiger partial charge in [-0.25, -0.2) is 0 Å². The third kappa shape index (κ3) is 1.47. The third-order valence-corrected chi connectivity index (χ3v) is 2.15. The molecule has 0 saturated carbocycles. The molecule has 0 radical (unpaired) electrons. The standard InChI is InChI=1S/C8H7BrN2O2/c1-11-8(12)4-5(10-11)6-2-3-7(9)13-6/h2-4,10H,1H3. The molecule has 0 aromatic carbocycles. The van der Waals surface area contributed by atoms with Gasteiger partial charge in [-0.1, -0.05) is 0 Å². The number of nitrogens with one attached hydrogen (secondary N) is 1. The fraction of sp³-hybridized carbons (Fsp3) is 0.125. The monoisotopic (exact) mass is 242 g/mol. The summed E-state index contributed by atoms with van der Waals surface area (Å²) >= 11 is 3.19. The van der Waals surface area contributed by atoms with Gasteiger partial charge in [0.1, 0.15) is 5.69 Å². The zero-order valence-corrected chi connectivity index (χ0v) is 8.46. The summed E-state index contributed by atoms with van der Waals surface area (Å²) in [7, 11) is 1.66. The van der Waals surface area contributed by atoms with E-state index in [-0.39, 0.29) is 5.56 Å². The van der Waals surface area contributed by atoms with Gasteiger partial charge >= 0.3 is 0 Å². The number of H-pyrrole nitrogens is 1. The van der Waals surface area contributed by atoms with Crippen molar-refractivity contribution in [3.05, 3.63) is 33.2 Å². The highest BCUT2D eigenvalue weighted by atomic mass is 79.9. The van der Waals surface area contributed by atoms with Crippen LogP contribution in [0.1, 0.15) is 0 Å². The maximum absolute atomic E-state index is 11.1. The SMILES string of the molecule is Cn1[nH]c(-c2ccc(Br)o2)cc1=O. The van der Waals surface area contributed by atoms with Crippen LogP contribution in [-0.2, 0) is 7.05 Å². The molecule has 0 atom stereocenters. The lowest BCUT2D eigenvalue weighted by Crippen LogP contribution is -2.09. The van der Waals surface area contributed by atoms with Gasteiger partial charge in [0.15, 0.2) is 10.4 Å². The highest BCUT2D eigenvalue weighted by Gasteiger charge is 2.06. The molecule has 0 aliphatic rings. The van der Waals surface area contributed by atoms with Gasteiger partial charge in [0.2, 0.25) is 0 Å². The second-order valence-electron chi connectivity index (χ2n) is 2.67. The van der Waals surface area contributed by atoms with Crippen LogP contribution in [0.25, 0.3) is 11.5 Å². The van der Waals surface area contributed by atoms with E-state index in [9.17, 15) is 4.79 Å². The number of hydrogen-bond acceptors (Lipinski definition) is 2. The molecule has 0 saturated heterocycles. The zero-order valence-electron chi connectivity index (χ0n) is 6.87. The maximum atomic E-state index is 11.1. The summed E-state index contributed by atoms with van der Waals surface area (Å²) in [6, 6.07) is 5.06. The van der Waals surface area contributed by atoms with Crippen molar-refractivity contribution in [3.8, 4) is 11.5 Å². The van der Waals surface area contributed by atoms with Crippen molar-refractivity contribution in [2.75, 3.05) is 0 Å². The van der Waals surface area contributed by atoms with Crippen LogP contribution in [0.3, 0.4) is 0 Å². The van der Waals surface area contributed by atoms with Gasteiger partial charge in [-0.05, 0) is 28.1 Å². The van der Waals surface area contributed by atoms with E-state index in [1.165, 1.54) is 10.7 Å². The Morgan fingerprint density at radius 1 is 1.54 bits per heavy atom. The average Bonchev–Trinajstić information content (AvgIpc) is 2.61. The molecule has 2 heterocycles. The number of furan rings is 1. The predicted molar refractivity (Wildman–Crippen MR) is 51.4 cm³/mol. The third-order valence-electron chi connectivity index (χ3n) is 1.73. The number of nitrogens with zero attached hydrogens (tertiary/aromatic N) is 1. The number of rotatable bonds is 1. The van der Waals surface area contributed by atoms with E-state index in [2.05, 4.69) is 21.0 Å². The summed E-state index contributed by atoms with van der Waals surface area (Å²) in [5, 5.41) is 2.86. The van der Waals surface area contributed by atoms with Gasteiger partial charge in [0, 0.05) is 13.1 Å². The second kappa shape index (κ2) is 2.92. The zero-order chi connectivity index (χ0) is 9.42. The summed E-state index contributed by atoms with van der Waals surface area (Å²) in [5.74, 6) is 0.643.